The number of nitrogens with zero attached hydrogens (tertiary/aromatic N) is 1. The molecule has 0 aromatic heterocycles. The molecule has 0 spiro atoms. The van der Waals surface area contributed by atoms with Crippen molar-refractivity contribution in [2.75, 3.05) is 11.4 Å². The van der Waals surface area contributed by atoms with Crippen LogP contribution in [0.3, 0.4) is 0 Å². The molecule has 1 aliphatic carbocycles. The van der Waals surface area contributed by atoms with Gasteiger partial charge in [-0.3, -0.25) is 14.5 Å². The van der Waals surface area contributed by atoms with E-state index >= 15 is 0 Å². The number of piperidine rings is 1. The summed E-state index contributed by atoms with van der Waals surface area (Å²) in [7, 11) is 0. The summed E-state index contributed by atoms with van der Waals surface area (Å²) in [5, 5.41) is 3.26. The lowest BCUT2D eigenvalue weighted by atomic mass is 9.96. The van der Waals surface area contributed by atoms with E-state index < -0.39 is 0 Å². The largest absolute Gasteiger partial charge is 0.313 e. The average molecular weight is 272 g/mol. The van der Waals surface area contributed by atoms with E-state index in [0.29, 0.717) is 0 Å². The van der Waals surface area contributed by atoms with Gasteiger partial charge in [0.1, 0.15) is 0 Å². The van der Waals surface area contributed by atoms with Crippen LogP contribution in [0.5, 0.6) is 0 Å². The Morgan fingerprint density at radius 3 is 2.25 bits per heavy atom. The van der Waals surface area contributed by atoms with Crippen molar-refractivity contribution < 1.29 is 9.59 Å². The summed E-state index contributed by atoms with van der Waals surface area (Å²) in [4.78, 5) is 26.1. The summed E-state index contributed by atoms with van der Waals surface area (Å²) in [5.41, 5.74) is 1.88. The number of benzene rings is 1. The molecule has 3 rings (SSSR count). The predicted octanol–water partition coefficient (Wildman–Crippen LogP) is 2.09. The van der Waals surface area contributed by atoms with Crippen molar-refractivity contribution in [3.8, 4) is 0 Å². The lowest BCUT2D eigenvalue weighted by Crippen LogP contribution is -2.46. The van der Waals surface area contributed by atoms with Gasteiger partial charge in [-0.15, -0.1) is 0 Å². The van der Waals surface area contributed by atoms with Crippen molar-refractivity contribution >= 4 is 17.5 Å². The van der Waals surface area contributed by atoms with Crippen molar-refractivity contribution in [3.05, 3.63) is 29.8 Å². The number of amides is 2. The van der Waals surface area contributed by atoms with Crippen molar-refractivity contribution in [3.63, 3.8) is 0 Å². The Bertz CT molecular complexity index is 502. The number of rotatable bonds is 4. The molecular weight excluding hydrogens is 252 g/mol. The summed E-state index contributed by atoms with van der Waals surface area (Å²) in [6.45, 7) is 3.80. The molecule has 1 aromatic carbocycles. The fourth-order valence-electron chi connectivity index (χ4n) is 3.19. The Hall–Kier alpha value is -1.68. The van der Waals surface area contributed by atoms with Crippen LogP contribution in [0.25, 0.3) is 0 Å². The number of carbonyl (C=O) groups is 2. The highest BCUT2D eigenvalue weighted by atomic mass is 16.2. The van der Waals surface area contributed by atoms with E-state index in [-0.39, 0.29) is 23.7 Å². The third kappa shape index (κ3) is 2.24. The molecule has 2 atom stereocenters. The van der Waals surface area contributed by atoms with E-state index in [1.165, 1.54) is 4.90 Å². The van der Waals surface area contributed by atoms with Crippen LogP contribution in [-0.4, -0.2) is 18.4 Å². The molecule has 1 N–H and O–H groups in total. The third-order valence-corrected chi connectivity index (χ3v) is 4.35. The van der Waals surface area contributed by atoms with E-state index in [1.54, 1.807) is 0 Å². The third-order valence-electron chi connectivity index (χ3n) is 4.35. The number of imide groups is 1. The zero-order chi connectivity index (χ0) is 14.1. The Morgan fingerprint density at radius 2 is 1.70 bits per heavy atom. The smallest absolute Gasteiger partial charge is 0.236 e. The van der Waals surface area contributed by atoms with Gasteiger partial charge in [-0.1, -0.05) is 19.1 Å². The molecule has 1 heterocycles. The van der Waals surface area contributed by atoms with Gasteiger partial charge in [0.15, 0.2) is 0 Å². The molecule has 106 valence electrons. The standard InChI is InChI=1S/C16H20N2O2/c1-2-17-10-11-3-7-14(8-4-11)18-15(19)12-5-6-13(9-12)16(18)20/h3-4,7-8,12-13,17H,2,5-6,9-10H2,1H3. The van der Waals surface area contributed by atoms with Crippen LogP contribution in [0, 0.1) is 11.8 Å². The molecule has 2 fully saturated rings. The molecular formula is C16H20N2O2. The van der Waals surface area contributed by atoms with E-state index in [1.807, 2.05) is 24.3 Å². The molecule has 1 aliphatic heterocycles. The van der Waals surface area contributed by atoms with E-state index in [2.05, 4.69) is 12.2 Å². The molecule has 4 heteroatoms. The maximum absolute atomic E-state index is 12.3. The first kappa shape index (κ1) is 13.3. The fourth-order valence-corrected chi connectivity index (χ4v) is 3.19. The van der Waals surface area contributed by atoms with Crippen LogP contribution in [0.4, 0.5) is 5.69 Å². The molecule has 2 bridgehead atoms. The van der Waals surface area contributed by atoms with Crippen LogP contribution in [-0.2, 0) is 16.1 Å². The topological polar surface area (TPSA) is 49.4 Å². The first-order valence-corrected chi connectivity index (χ1v) is 7.38. The molecule has 4 nitrogen and oxygen atoms in total. The Morgan fingerprint density at radius 1 is 1.10 bits per heavy atom. The van der Waals surface area contributed by atoms with Gasteiger partial charge in [0.05, 0.1) is 5.69 Å². The van der Waals surface area contributed by atoms with E-state index in [0.717, 1.165) is 43.6 Å². The summed E-state index contributed by atoms with van der Waals surface area (Å²) >= 11 is 0. The summed E-state index contributed by atoms with van der Waals surface area (Å²) in [5.74, 6) is 0.0876. The zero-order valence-corrected chi connectivity index (χ0v) is 11.8. The minimum atomic E-state index is -0.0109. The maximum atomic E-state index is 12.3. The van der Waals surface area contributed by atoms with Crippen molar-refractivity contribution in [2.45, 2.75) is 32.7 Å². The molecule has 2 aliphatic rings. The summed E-state index contributed by atoms with van der Waals surface area (Å²) < 4.78 is 0. The van der Waals surface area contributed by atoms with Gasteiger partial charge in [-0.2, -0.15) is 0 Å². The molecule has 20 heavy (non-hydrogen) atoms. The number of carbonyl (C=O) groups excluding carboxylic acids is 2. The van der Waals surface area contributed by atoms with Crippen LogP contribution in [0.1, 0.15) is 31.7 Å². The zero-order valence-electron chi connectivity index (χ0n) is 11.8. The second kappa shape index (κ2) is 5.37. The van der Waals surface area contributed by atoms with Crippen molar-refractivity contribution in [1.82, 2.24) is 5.32 Å². The first-order valence-electron chi connectivity index (χ1n) is 7.38. The minimum absolute atomic E-state index is 0.0109. The summed E-state index contributed by atoms with van der Waals surface area (Å²) in [6.07, 6.45) is 2.49. The highest BCUT2D eigenvalue weighted by Gasteiger charge is 2.45. The van der Waals surface area contributed by atoms with Gasteiger partial charge in [0.25, 0.3) is 0 Å². The fraction of sp³-hybridized carbons (Fsp3) is 0.500. The van der Waals surface area contributed by atoms with E-state index in [4.69, 9.17) is 0 Å². The van der Waals surface area contributed by atoms with Crippen molar-refractivity contribution in [2.24, 2.45) is 11.8 Å². The Balaban J connectivity index is 1.81. The second-order valence-electron chi connectivity index (χ2n) is 5.67. The molecule has 0 radical (unpaired) electrons. The highest BCUT2D eigenvalue weighted by molar-refractivity contribution is 6.18. The molecule has 2 amide bonds. The van der Waals surface area contributed by atoms with Gasteiger partial charge in [0.2, 0.25) is 11.8 Å². The molecule has 1 saturated carbocycles. The minimum Gasteiger partial charge on any atom is -0.313 e. The maximum Gasteiger partial charge on any atom is 0.236 e. The highest BCUT2D eigenvalue weighted by Crippen LogP contribution is 2.39. The van der Waals surface area contributed by atoms with Gasteiger partial charge >= 0.3 is 0 Å². The van der Waals surface area contributed by atoms with Crippen molar-refractivity contribution in [1.29, 1.82) is 0 Å². The number of hydrogen-bond acceptors (Lipinski definition) is 3. The quantitative estimate of drug-likeness (QED) is 0.854. The predicted molar refractivity (Wildman–Crippen MR) is 77.1 cm³/mol. The van der Waals surface area contributed by atoms with Crippen LogP contribution in [0.2, 0.25) is 0 Å². The number of fused-ring (bicyclic) bond motifs is 2. The normalized spacial score (nSPS) is 25.4. The van der Waals surface area contributed by atoms with Crippen LogP contribution in [0.15, 0.2) is 24.3 Å². The number of hydrogen-bond donors (Lipinski definition) is 1. The number of nitrogens with one attached hydrogen (secondary N) is 1. The lowest BCUT2D eigenvalue weighted by molar-refractivity contribution is -0.132. The van der Waals surface area contributed by atoms with Gasteiger partial charge < -0.3 is 5.32 Å². The molecule has 1 aromatic rings. The van der Waals surface area contributed by atoms with Gasteiger partial charge in [0, 0.05) is 18.4 Å². The van der Waals surface area contributed by atoms with Gasteiger partial charge in [-0.25, -0.2) is 0 Å². The average Bonchev–Trinajstić information content (AvgIpc) is 2.92. The van der Waals surface area contributed by atoms with Crippen LogP contribution < -0.4 is 10.2 Å². The Kier molecular flexibility index (Phi) is 3.57. The first-order chi connectivity index (χ1) is 9.70. The SMILES string of the molecule is CCNCc1ccc(N2C(=O)C3CCC(C3)C2=O)cc1. The summed E-state index contributed by atoms with van der Waals surface area (Å²) in [6, 6.07) is 7.73. The molecule has 1 saturated heterocycles. The van der Waals surface area contributed by atoms with Gasteiger partial charge in [-0.05, 0) is 43.5 Å². The molecule has 2 unspecified atom stereocenters. The Labute approximate surface area is 119 Å². The monoisotopic (exact) mass is 272 g/mol. The van der Waals surface area contributed by atoms with Crippen LogP contribution >= 0.6 is 0 Å². The lowest BCUT2D eigenvalue weighted by Gasteiger charge is -2.29. The number of anilines is 1. The second-order valence-corrected chi connectivity index (χ2v) is 5.67. The van der Waals surface area contributed by atoms with E-state index in [9.17, 15) is 9.59 Å².